The highest BCUT2D eigenvalue weighted by Crippen LogP contribution is 2.05. The van der Waals surface area contributed by atoms with Crippen LogP contribution in [-0.4, -0.2) is 31.4 Å². The van der Waals surface area contributed by atoms with Crippen molar-refractivity contribution >= 4 is 0 Å². The number of hydrogen-bond donors (Lipinski definition) is 0. The van der Waals surface area contributed by atoms with Crippen LogP contribution in [0.4, 0.5) is 0 Å². The van der Waals surface area contributed by atoms with Gasteiger partial charge in [0.1, 0.15) is 12.6 Å². The molecule has 0 bridgehead atoms. The molecule has 0 rings (SSSR count). The molecule has 0 heterocycles. The second-order valence-corrected chi connectivity index (χ2v) is 2.95. The number of rotatable bonds is 3. The summed E-state index contributed by atoms with van der Waals surface area (Å²) >= 11 is 0. The van der Waals surface area contributed by atoms with Gasteiger partial charge in [-0.05, 0) is 20.8 Å². The first-order valence-corrected chi connectivity index (χ1v) is 3.49. The summed E-state index contributed by atoms with van der Waals surface area (Å²) in [6, 6.07) is 0.532. The van der Waals surface area contributed by atoms with Crippen LogP contribution in [0.2, 0.25) is 0 Å². The molecule has 0 aliphatic carbocycles. The predicted octanol–water partition coefficient (Wildman–Crippen LogP) is 1.42. The van der Waals surface area contributed by atoms with Crippen LogP contribution < -0.4 is 0 Å². The first-order chi connectivity index (χ1) is 4.00. The van der Waals surface area contributed by atoms with Crippen LogP contribution in [0.25, 0.3) is 0 Å². The monoisotopic (exact) mass is 132 g/mol. The molecule has 0 radical (unpaired) electrons. The Morgan fingerprint density at radius 1 is 1.33 bits per heavy atom. The van der Waals surface area contributed by atoms with Gasteiger partial charge in [-0.1, -0.05) is 0 Å². The number of hydroxylamine groups is 3. The summed E-state index contributed by atoms with van der Waals surface area (Å²) in [5, 5.41) is 0. The van der Waals surface area contributed by atoms with Crippen molar-refractivity contribution in [1.82, 2.24) is 0 Å². The fourth-order valence-electron chi connectivity index (χ4n) is 0.482. The Kier molecular flexibility index (Phi) is 3.15. The summed E-state index contributed by atoms with van der Waals surface area (Å²) in [5.41, 5.74) is 0. The van der Waals surface area contributed by atoms with E-state index in [0.29, 0.717) is 10.7 Å². The van der Waals surface area contributed by atoms with Crippen LogP contribution >= 0.6 is 0 Å². The van der Waals surface area contributed by atoms with E-state index in [4.69, 9.17) is 4.84 Å². The molecule has 0 aromatic rings. The van der Waals surface area contributed by atoms with Crippen molar-refractivity contribution in [1.29, 1.82) is 0 Å². The summed E-state index contributed by atoms with van der Waals surface area (Å²) in [4.78, 5) is 5.43. The second-order valence-electron chi connectivity index (χ2n) is 2.95. The molecule has 0 aliphatic rings. The zero-order valence-electron chi connectivity index (χ0n) is 7.14. The van der Waals surface area contributed by atoms with Crippen molar-refractivity contribution in [3.63, 3.8) is 0 Å². The van der Waals surface area contributed by atoms with Gasteiger partial charge in [-0.25, -0.2) is 4.84 Å². The van der Waals surface area contributed by atoms with Gasteiger partial charge in [0, 0.05) is 0 Å². The molecule has 2 nitrogen and oxygen atoms in total. The minimum absolute atomic E-state index is 0.532. The quantitative estimate of drug-likeness (QED) is 0.417. The van der Waals surface area contributed by atoms with Gasteiger partial charge < -0.3 is 0 Å². The highest BCUT2D eigenvalue weighted by molar-refractivity contribution is 4.29. The zero-order valence-corrected chi connectivity index (χ0v) is 7.14. The van der Waals surface area contributed by atoms with E-state index in [1.54, 1.807) is 0 Å². The van der Waals surface area contributed by atoms with Crippen molar-refractivity contribution in [3.05, 3.63) is 0 Å². The molecule has 0 amide bonds. The number of hydrogen-bond acceptors (Lipinski definition) is 1. The number of nitrogens with zero attached hydrogens (tertiary/aromatic N) is 1. The van der Waals surface area contributed by atoms with Crippen LogP contribution in [-0.2, 0) is 4.84 Å². The average Bonchev–Trinajstić information content (AvgIpc) is 1.65. The number of quaternary nitrogens is 1. The molecule has 0 spiro atoms. The molecule has 0 aromatic heterocycles. The third-order valence-corrected chi connectivity index (χ3v) is 1.71. The molecule has 0 atom stereocenters. The van der Waals surface area contributed by atoms with Gasteiger partial charge in [0.05, 0.1) is 14.1 Å². The van der Waals surface area contributed by atoms with E-state index in [0.717, 1.165) is 6.61 Å². The Morgan fingerprint density at radius 2 is 1.78 bits per heavy atom. The van der Waals surface area contributed by atoms with Crippen LogP contribution in [0.1, 0.15) is 20.8 Å². The van der Waals surface area contributed by atoms with Gasteiger partial charge >= 0.3 is 0 Å². The standard InChI is InChI=1S/C7H18NO/c1-6-9-8(4,5)7(2)3/h7H,6H2,1-5H3/q+1. The molecule has 0 N–H and O–H groups in total. The molecular formula is C7H18NO+. The van der Waals surface area contributed by atoms with E-state index in [1.165, 1.54) is 0 Å². The van der Waals surface area contributed by atoms with Crippen LogP contribution in [0.3, 0.4) is 0 Å². The van der Waals surface area contributed by atoms with Gasteiger partial charge in [-0.15, -0.1) is 0 Å². The predicted molar refractivity (Wildman–Crippen MR) is 38.9 cm³/mol. The van der Waals surface area contributed by atoms with Crippen LogP contribution in [0.5, 0.6) is 0 Å². The molecule has 0 unspecified atom stereocenters. The highest BCUT2D eigenvalue weighted by atomic mass is 16.7. The van der Waals surface area contributed by atoms with E-state index < -0.39 is 0 Å². The molecule has 56 valence electrons. The second kappa shape index (κ2) is 3.18. The molecule has 0 saturated heterocycles. The first kappa shape index (κ1) is 8.92. The summed E-state index contributed by atoms with van der Waals surface area (Å²) in [7, 11) is 4.13. The summed E-state index contributed by atoms with van der Waals surface area (Å²) in [6.07, 6.45) is 0. The minimum Gasteiger partial charge on any atom is -0.203 e. The van der Waals surface area contributed by atoms with E-state index >= 15 is 0 Å². The highest BCUT2D eigenvalue weighted by Gasteiger charge is 2.19. The lowest BCUT2D eigenvalue weighted by atomic mass is 10.4. The Balaban J connectivity index is 3.70. The van der Waals surface area contributed by atoms with Crippen molar-refractivity contribution in [3.8, 4) is 0 Å². The molecule has 0 aliphatic heterocycles. The third kappa shape index (κ3) is 2.82. The molecule has 0 saturated carbocycles. The topological polar surface area (TPSA) is 9.23 Å². The molecular weight excluding hydrogens is 114 g/mol. The lowest BCUT2D eigenvalue weighted by Gasteiger charge is -2.30. The molecule has 2 heteroatoms. The Hall–Kier alpha value is -0.0800. The van der Waals surface area contributed by atoms with Crippen molar-refractivity contribution < 1.29 is 9.48 Å². The fraction of sp³-hybridized carbons (Fsp3) is 1.00. The van der Waals surface area contributed by atoms with E-state index in [1.807, 2.05) is 6.92 Å². The fourth-order valence-corrected chi connectivity index (χ4v) is 0.482. The maximum atomic E-state index is 5.43. The van der Waals surface area contributed by atoms with E-state index in [9.17, 15) is 0 Å². The summed E-state index contributed by atoms with van der Waals surface area (Å²) in [5.74, 6) is 0. The van der Waals surface area contributed by atoms with Crippen LogP contribution in [0.15, 0.2) is 0 Å². The summed E-state index contributed by atoms with van der Waals surface area (Å²) in [6.45, 7) is 7.10. The maximum absolute atomic E-state index is 5.43. The average molecular weight is 132 g/mol. The van der Waals surface area contributed by atoms with Gasteiger partial charge in [-0.2, -0.15) is 4.65 Å². The van der Waals surface area contributed by atoms with Crippen molar-refractivity contribution in [2.24, 2.45) is 0 Å². The Bertz CT molecular complexity index is 79.0. The van der Waals surface area contributed by atoms with Crippen LogP contribution in [0, 0.1) is 0 Å². The van der Waals surface area contributed by atoms with E-state index in [-0.39, 0.29) is 0 Å². The minimum atomic E-state index is 0.532. The lowest BCUT2D eigenvalue weighted by Crippen LogP contribution is -2.45. The normalized spacial score (nSPS) is 12.7. The SMILES string of the molecule is CCO[N+](C)(C)C(C)C. The van der Waals surface area contributed by atoms with Gasteiger partial charge in [0.25, 0.3) is 0 Å². The lowest BCUT2D eigenvalue weighted by molar-refractivity contribution is -1.09. The van der Waals surface area contributed by atoms with Gasteiger partial charge in [-0.3, -0.25) is 0 Å². The smallest absolute Gasteiger partial charge is 0.113 e. The zero-order chi connectivity index (χ0) is 7.49. The molecule has 0 fully saturated rings. The van der Waals surface area contributed by atoms with Gasteiger partial charge in [0.2, 0.25) is 0 Å². The first-order valence-electron chi connectivity index (χ1n) is 3.49. The molecule has 9 heavy (non-hydrogen) atoms. The third-order valence-electron chi connectivity index (χ3n) is 1.71. The maximum Gasteiger partial charge on any atom is 0.113 e. The van der Waals surface area contributed by atoms with Gasteiger partial charge in [0.15, 0.2) is 0 Å². The summed E-state index contributed by atoms with van der Waals surface area (Å²) < 4.78 is 0.649. The largest absolute Gasteiger partial charge is 0.203 e. The molecule has 0 aromatic carbocycles. The van der Waals surface area contributed by atoms with Crippen molar-refractivity contribution in [2.45, 2.75) is 26.8 Å². The Labute approximate surface area is 58.0 Å². The van der Waals surface area contributed by atoms with E-state index in [2.05, 4.69) is 27.9 Å². The Morgan fingerprint density at radius 3 is 1.89 bits per heavy atom. The van der Waals surface area contributed by atoms with Crippen molar-refractivity contribution in [2.75, 3.05) is 20.7 Å².